The zero-order valence-corrected chi connectivity index (χ0v) is 17.4. The SMILES string of the molecule is C=C(CCc1ccc(CC(/C=C\CC)=N/C)cc1)NC(CCC)CCC. The minimum Gasteiger partial charge on any atom is -0.386 e. The van der Waals surface area contributed by atoms with Crippen molar-refractivity contribution in [2.75, 3.05) is 7.05 Å². The van der Waals surface area contributed by atoms with Crippen LogP contribution < -0.4 is 5.32 Å². The van der Waals surface area contributed by atoms with E-state index >= 15 is 0 Å². The molecule has 144 valence electrons. The van der Waals surface area contributed by atoms with Gasteiger partial charge in [0.25, 0.3) is 0 Å². The van der Waals surface area contributed by atoms with Gasteiger partial charge in [0.1, 0.15) is 0 Å². The van der Waals surface area contributed by atoms with E-state index in [0.717, 1.165) is 31.4 Å². The van der Waals surface area contributed by atoms with Crippen LogP contribution in [0.1, 0.15) is 70.4 Å². The largest absolute Gasteiger partial charge is 0.386 e. The molecule has 0 radical (unpaired) electrons. The van der Waals surface area contributed by atoms with E-state index in [4.69, 9.17) is 0 Å². The molecular formula is C24H38N2. The normalized spacial score (nSPS) is 12.1. The lowest BCUT2D eigenvalue weighted by atomic mass is 10.0. The molecule has 0 aliphatic heterocycles. The summed E-state index contributed by atoms with van der Waals surface area (Å²) in [5.41, 5.74) is 5.00. The summed E-state index contributed by atoms with van der Waals surface area (Å²) in [5.74, 6) is 0. The van der Waals surface area contributed by atoms with E-state index in [2.05, 4.69) is 74.1 Å². The van der Waals surface area contributed by atoms with Crippen molar-refractivity contribution in [3.8, 4) is 0 Å². The number of rotatable bonds is 13. The molecule has 2 nitrogen and oxygen atoms in total. The van der Waals surface area contributed by atoms with Gasteiger partial charge in [0, 0.05) is 30.9 Å². The highest BCUT2D eigenvalue weighted by atomic mass is 14.9. The molecule has 0 aliphatic rings. The van der Waals surface area contributed by atoms with E-state index < -0.39 is 0 Å². The number of aliphatic imine (C=N–C) groups is 1. The van der Waals surface area contributed by atoms with Crippen LogP contribution in [0.25, 0.3) is 0 Å². The number of hydrogen-bond donors (Lipinski definition) is 1. The van der Waals surface area contributed by atoms with Crippen molar-refractivity contribution in [2.45, 2.75) is 78.2 Å². The second kappa shape index (κ2) is 13.4. The van der Waals surface area contributed by atoms with Crippen LogP contribution in [0, 0.1) is 0 Å². The average molecular weight is 355 g/mol. The highest BCUT2D eigenvalue weighted by Gasteiger charge is 2.07. The van der Waals surface area contributed by atoms with E-state index in [1.807, 2.05) is 7.05 Å². The smallest absolute Gasteiger partial charge is 0.0385 e. The van der Waals surface area contributed by atoms with Crippen LogP contribution in [0.5, 0.6) is 0 Å². The standard InChI is InChI=1S/C24H38N2/c1-6-9-12-24(25-5)19-22-17-15-21(16-18-22)14-13-20(4)26-23(10-7-2)11-8-3/h9,12,15-18,23,26H,4,6-8,10-11,13-14,19H2,1-3,5H3/b12-9-,25-24+. The molecule has 0 amide bonds. The van der Waals surface area contributed by atoms with Gasteiger partial charge in [-0.15, -0.1) is 0 Å². The minimum absolute atomic E-state index is 0.586. The first-order valence-electron chi connectivity index (χ1n) is 10.3. The van der Waals surface area contributed by atoms with E-state index in [1.54, 1.807) is 0 Å². The van der Waals surface area contributed by atoms with Crippen LogP contribution >= 0.6 is 0 Å². The molecule has 26 heavy (non-hydrogen) atoms. The lowest BCUT2D eigenvalue weighted by molar-refractivity contribution is 0.474. The molecule has 0 fully saturated rings. The number of hydrogen-bond acceptors (Lipinski definition) is 2. The van der Waals surface area contributed by atoms with Gasteiger partial charge < -0.3 is 5.32 Å². The van der Waals surface area contributed by atoms with Gasteiger partial charge >= 0.3 is 0 Å². The van der Waals surface area contributed by atoms with Crippen LogP contribution in [0.15, 0.2) is 53.7 Å². The van der Waals surface area contributed by atoms with E-state index in [9.17, 15) is 0 Å². The summed E-state index contributed by atoms with van der Waals surface area (Å²) in [6.45, 7) is 10.9. The lowest BCUT2D eigenvalue weighted by Crippen LogP contribution is -2.28. The monoisotopic (exact) mass is 354 g/mol. The summed E-state index contributed by atoms with van der Waals surface area (Å²) in [5, 5.41) is 3.64. The van der Waals surface area contributed by atoms with Crippen LogP contribution in [0.2, 0.25) is 0 Å². The molecule has 0 heterocycles. The third-order valence-electron chi connectivity index (χ3n) is 4.64. The first-order valence-corrected chi connectivity index (χ1v) is 10.3. The maximum atomic E-state index is 4.37. The second-order valence-corrected chi connectivity index (χ2v) is 7.04. The summed E-state index contributed by atoms with van der Waals surface area (Å²) < 4.78 is 0. The van der Waals surface area contributed by atoms with Crippen molar-refractivity contribution >= 4 is 5.71 Å². The molecule has 2 heteroatoms. The fraction of sp³-hybridized carbons (Fsp3) is 0.542. The Kier molecular flexibility index (Phi) is 11.4. The highest BCUT2D eigenvalue weighted by molar-refractivity contribution is 5.96. The number of allylic oxidation sites excluding steroid dienone is 3. The first-order chi connectivity index (χ1) is 12.6. The van der Waals surface area contributed by atoms with E-state index in [-0.39, 0.29) is 0 Å². The Morgan fingerprint density at radius 2 is 1.69 bits per heavy atom. The van der Waals surface area contributed by atoms with Gasteiger partial charge in [0.05, 0.1) is 0 Å². The van der Waals surface area contributed by atoms with Crippen molar-refractivity contribution in [3.05, 3.63) is 59.8 Å². The third-order valence-corrected chi connectivity index (χ3v) is 4.64. The molecule has 1 rings (SSSR count). The predicted octanol–water partition coefficient (Wildman–Crippen LogP) is 6.27. The number of aryl methyl sites for hydroxylation is 1. The van der Waals surface area contributed by atoms with Crippen molar-refractivity contribution < 1.29 is 0 Å². The Bertz CT molecular complexity index is 560. The third kappa shape index (κ3) is 9.03. The molecule has 0 unspecified atom stereocenters. The zero-order chi connectivity index (χ0) is 19.2. The Hall–Kier alpha value is -1.83. The number of benzene rings is 1. The van der Waals surface area contributed by atoms with Crippen molar-refractivity contribution in [1.29, 1.82) is 0 Å². The van der Waals surface area contributed by atoms with E-state index in [0.29, 0.717) is 6.04 Å². The van der Waals surface area contributed by atoms with Gasteiger partial charge in [-0.3, -0.25) is 4.99 Å². The molecule has 1 aromatic carbocycles. The molecule has 0 atom stereocenters. The van der Waals surface area contributed by atoms with Gasteiger partial charge in [-0.05, 0) is 49.3 Å². The molecule has 1 N–H and O–H groups in total. The molecule has 0 saturated heterocycles. The number of nitrogens with one attached hydrogen (secondary N) is 1. The molecule has 1 aromatic rings. The Morgan fingerprint density at radius 3 is 2.23 bits per heavy atom. The fourth-order valence-corrected chi connectivity index (χ4v) is 3.14. The maximum absolute atomic E-state index is 4.37. The van der Waals surface area contributed by atoms with E-state index in [1.165, 1.54) is 42.5 Å². The quantitative estimate of drug-likeness (QED) is 0.415. The summed E-state index contributed by atoms with van der Waals surface area (Å²) in [6, 6.07) is 9.54. The van der Waals surface area contributed by atoms with Crippen molar-refractivity contribution in [3.63, 3.8) is 0 Å². The molecule has 0 aliphatic carbocycles. The molecule has 0 spiro atoms. The fourth-order valence-electron chi connectivity index (χ4n) is 3.14. The zero-order valence-electron chi connectivity index (χ0n) is 17.4. The molecule has 0 saturated carbocycles. The van der Waals surface area contributed by atoms with Crippen molar-refractivity contribution in [1.82, 2.24) is 5.32 Å². The highest BCUT2D eigenvalue weighted by Crippen LogP contribution is 2.12. The predicted molar refractivity (Wildman–Crippen MR) is 117 cm³/mol. The number of nitrogens with zero attached hydrogens (tertiary/aromatic N) is 1. The minimum atomic E-state index is 0.586. The second-order valence-electron chi connectivity index (χ2n) is 7.04. The topological polar surface area (TPSA) is 24.4 Å². The van der Waals surface area contributed by atoms with Gasteiger partial charge in [-0.1, -0.05) is 70.5 Å². The first kappa shape index (κ1) is 22.2. The summed E-state index contributed by atoms with van der Waals surface area (Å²) >= 11 is 0. The molecule has 0 bridgehead atoms. The van der Waals surface area contributed by atoms with Crippen LogP contribution in [-0.2, 0) is 12.8 Å². The lowest BCUT2D eigenvalue weighted by Gasteiger charge is -2.20. The molecule has 0 aromatic heterocycles. The Labute approximate surface area is 161 Å². The Balaban J connectivity index is 2.49. The van der Waals surface area contributed by atoms with Crippen molar-refractivity contribution in [2.24, 2.45) is 4.99 Å². The Morgan fingerprint density at radius 1 is 1.08 bits per heavy atom. The summed E-state index contributed by atoms with van der Waals surface area (Å²) in [7, 11) is 1.87. The average Bonchev–Trinajstić information content (AvgIpc) is 2.65. The van der Waals surface area contributed by atoms with Gasteiger partial charge in [-0.25, -0.2) is 0 Å². The van der Waals surface area contributed by atoms with Gasteiger partial charge in [0.2, 0.25) is 0 Å². The van der Waals surface area contributed by atoms with Crippen LogP contribution in [0.3, 0.4) is 0 Å². The summed E-state index contributed by atoms with van der Waals surface area (Å²) in [4.78, 5) is 4.37. The van der Waals surface area contributed by atoms with Crippen LogP contribution in [0.4, 0.5) is 0 Å². The molecular weight excluding hydrogens is 316 g/mol. The summed E-state index contributed by atoms with van der Waals surface area (Å²) in [6.07, 6.45) is 13.2. The van der Waals surface area contributed by atoms with Gasteiger partial charge in [0.15, 0.2) is 0 Å². The maximum Gasteiger partial charge on any atom is 0.0385 e. The van der Waals surface area contributed by atoms with Crippen LogP contribution in [-0.4, -0.2) is 18.8 Å². The van der Waals surface area contributed by atoms with Gasteiger partial charge in [-0.2, -0.15) is 0 Å².